The van der Waals surface area contributed by atoms with E-state index < -0.39 is 0 Å². The number of hydrogen-bond donors (Lipinski definition) is 1. The molecule has 2 unspecified atom stereocenters. The van der Waals surface area contributed by atoms with Crippen LogP contribution in [0.25, 0.3) is 0 Å². The zero-order chi connectivity index (χ0) is 11.1. The van der Waals surface area contributed by atoms with Crippen molar-refractivity contribution in [3.8, 4) is 11.8 Å². The van der Waals surface area contributed by atoms with Gasteiger partial charge in [-0.3, -0.25) is 0 Å². The van der Waals surface area contributed by atoms with Crippen molar-refractivity contribution < 1.29 is 0 Å². The van der Waals surface area contributed by atoms with E-state index in [0.717, 1.165) is 6.54 Å². The van der Waals surface area contributed by atoms with Gasteiger partial charge < -0.3 is 5.32 Å². The summed E-state index contributed by atoms with van der Waals surface area (Å²) in [6.45, 7) is 7.09. The van der Waals surface area contributed by atoms with Crippen molar-refractivity contribution in [3.05, 3.63) is 35.9 Å². The van der Waals surface area contributed by atoms with Crippen molar-refractivity contribution in [2.24, 2.45) is 0 Å². The van der Waals surface area contributed by atoms with E-state index in [2.05, 4.69) is 61.3 Å². The summed E-state index contributed by atoms with van der Waals surface area (Å²) in [6.07, 6.45) is 0. The van der Waals surface area contributed by atoms with Crippen LogP contribution < -0.4 is 5.32 Å². The number of benzene rings is 1. The second-order valence-corrected chi connectivity index (χ2v) is 3.80. The van der Waals surface area contributed by atoms with Gasteiger partial charge in [-0.1, -0.05) is 43.2 Å². The van der Waals surface area contributed by atoms with Crippen molar-refractivity contribution in [1.29, 1.82) is 0 Å². The summed E-state index contributed by atoms with van der Waals surface area (Å²) in [6, 6.07) is 11.0. The summed E-state index contributed by atoms with van der Waals surface area (Å²) >= 11 is 0. The third-order valence-corrected chi connectivity index (χ3v) is 2.76. The predicted molar refractivity (Wildman–Crippen MR) is 65.8 cm³/mol. The first-order valence-electron chi connectivity index (χ1n) is 5.43. The molecule has 1 N–H and O–H groups in total. The third kappa shape index (κ3) is 3.77. The summed E-state index contributed by atoms with van der Waals surface area (Å²) in [5, 5.41) is 3.41. The molecule has 1 rings (SSSR count). The van der Waals surface area contributed by atoms with Gasteiger partial charge in [0.1, 0.15) is 0 Å². The average molecular weight is 201 g/mol. The molecule has 0 heterocycles. The molecule has 1 nitrogen and oxygen atoms in total. The monoisotopic (exact) mass is 201 g/mol. The molecule has 0 radical (unpaired) electrons. The van der Waals surface area contributed by atoms with Crippen molar-refractivity contribution >= 4 is 0 Å². The lowest BCUT2D eigenvalue weighted by atomic mass is 9.94. The lowest BCUT2D eigenvalue weighted by Crippen LogP contribution is -2.31. The molecule has 1 aromatic carbocycles. The van der Waals surface area contributed by atoms with Crippen LogP contribution in [0.2, 0.25) is 0 Å². The van der Waals surface area contributed by atoms with Crippen molar-refractivity contribution in [2.75, 3.05) is 6.54 Å². The molecule has 0 amide bonds. The van der Waals surface area contributed by atoms with Gasteiger partial charge in [-0.05, 0) is 25.3 Å². The largest absolute Gasteiger partial charge is 0.303 e. The van der Waals surface area contributed by atoms with Crippen LogP contribution in [0.5, 0.6) is 0 Å². The highest BCUT2D eigenvalue weighted by Crippen LogP contribution is 2.18. The van der Waals surface area contributed by atoms with E-state index in [1.54, 1.807) is 0 Å². The first kappa shape index (κ1) is 11.8. The third-order valence-electron chi connectivity index (χ3n) is 2.76. The molecule has 0 spiro atoms. The molecule has 15 heavy (non-hydrogen) atoms. The molecule has 0 aliphatic heterocycles. The minimum absolute atomic E-state index is 0.452. The van der Waals surface area contributed by atoms with Crippen LogP contribution in [0.4, 0.5) is 0 Å². The first-order chi connectivity index (χ1) is 7.25. The molecule has 0 fully saturated rings. The summed E-state index contributed by atoms with van der Waals surface area (Å²) in [4.78, 5) is 0. The van der Waals surface area contributed by atoms with Gasteiger partial charge in [-0.2, -0.15) is 0 Å². The lowest BCUT2D eigenvalue weighted by molar-refractivity contribution is 0.508. The van der Waals surface area contributed by atoms with E-state index in [0.29, 0.717) is 12.0 Å². The van der Waals surface area contributed by atoms with Crippen LogP contribution in [0.1, 0.15) is 32.3 Å². The normalized spacial score (nSPS) is 13.8. The maximum absolute atomic E-state index is 3.41. The Bertz CT molecular complexity index is 331. The fourth-order valence-corrected chi connectivity index (χ4v) is 1.52. The van der Waals surface area contributed by atoms with Crippen molar-refractivity contribution in [3.63, 3.8) is 0 Å². The summed E-state index contributed by atoms with van der Waals surface area (Å²) < 4.78 is 0. The van der Waals surface area contributed by atoms with Crippen molar-refractivity contribution in [1.82, 2.24) is 5.32 Å². The van der Waals surface area contributed by atoms with E-state index in [1.807, 2.05) is 6.92 Å². The topological polar surface area (TPSA) is 12.0 Å². The second kappa shape index (κ2) is 6.27. The molecule has 0 aliphatic rings. The zero-order valence-electron chi connectivity index (χ0n) is 9.75. The first-order valence-corrected chi connectivity index (χ1v) is 5.43. The predicted octanol–water partition coefficient (Wildman–Crippen LogP) is 2.79. The van der Waals surface area contributed by atoms with Gasteiger partial charge in [-0.15, -0.1) is 5.92 Å². The summed E-state index contributed by atoms with van der Waals surface area (Å²) in [5.74, 6) is 6.43. The fourth-order valence-electron chi connectivity index (χ4n) is 1.52. The summed E-state index contributed by atoms with van der Waals surface area (Å²) in [5.41, 5.74) is 1.38. The Hall–Kier alpha value is -1.26. The van der Waals surface area contributed by atoms with Gasteiger partial charge in [0.2, 0.25) is 0 Å². The highest BCUT2D eigenvalue weighted by molar-refractivity contribution is 5.20. The average Bonchev–Trinajstić information content (AvgIpc) is 2.29. The van der Waals surface area contributed by atoms with E-state index in [1.165, 1.54) is 5.56 Å². The molecule has 0 aliphatic carbocycles. The zero-order valence-corrected chi connectivity index (χ0v) is 9.75. The molecule has 0 saturated heterocycles. The van der Waals surface area contributed by atoms with Crippen LogP contribution >= 0.6 is 0 Å². The second-order valence-electron chi connectivity index (χ2n) is 3.80. The van der Waals surface area contributed by atoms with Crippen LogP contribution in [0.3, 0.4) is 0 Å². The van der Waals surface area contributed by atoms with Crippen LogP contribution in [-0.2, 0) is 0 Å². The lowest BCUT2D eigenvalue weighted by Gasteiger charge is -2.20. The van der Waals surface area contributed by atoms with Gasteiger partial charge >= 0.3 is 0 Å². The molecule has 0 bridgehead atoms. The van der Waals surface area contributed by atoms with Gasteiger partial charge in [0, 0.05) is 6.04 Å². The highest BCUT2D eigenvalue weighted by atomic mass is 14.9. The van der Waals surface area contributed by atoms with Gasteiger partial charge in [0.05, 0.1) is 6.54 Å². The Morgan fingerprint density at radius 3 is 2.47 bits per heavy atom. The quantitative estimate of drug-likeness (QED) is 0.739. The Morgan fingerprint density at radius 2 is 1.87 bits per heavy atom. The van der Waals surface area contributed by atoms with Crippen LogP contribution in [-0.4, -0.2) is 12.6 Å². The van der Waals surface area contributed by atoms with E-state index in [9.17, 15) is 0 Å². The molecular weight excluding hydrogens is 182 g/mol. The van der Waals surface area contributed by atoms with E-state index in [-0.39, 0.29) is 0 Å². The Morgan fingerprint density at radius 1 is 1.20 bits per heavy atom. The van der Waals surface area contributed by atoms with Crippen molar-refractivity contribution in [2.45, 2.75) is 32.7 Å². The number of rotatable bonds is 4. The number of hydrogen-bond acceptors (Lipinski definition) is 1. The Balaban J connectivity index is 2.52. The van der Waals surface area contributed by atoms with E-state index >= 15 is 0 Å². The molecule has 1 heteroatoms. The minimum Gasteiger partial charge on any atom is -0.303 e. The standard InChI is InChI=1S/C14H19N/c1-4-5-11-15-13(3)12(2)14-9-7-6-8-10-14/h6-10,12-13,15H,11H2,1-3H3. The fraction of sp³-hybridized carbons (Fsp3) is 0.429. The van der Waals surface area contributed by atoms with E-state index in [4.69, 9.17) is 0 Å². The SMILES string of the molecule is CC#CCNC(C)C(C)c1ccccc1. The maximum Gasteiger partial charge on any atom is 0.0578 e. The molecule has 0 saturated carbocycles. The Kier molecular flexibility index (Phi) is 4.93. The van der Waals surface area contributed by atoms with Gasteiger partial charge in [0.25, 0.3) is 0 Å². The molecule has 80 valence electrons. The molecule has 0 aromatic heterocycles. The maximum atomic E-state index is 3.41. The number of nitrogens with one attached hydrogen (secondary N) is 1. The van der Waals surface area contributed by atoms with Gasteiger partial charge in [0.15, 0.2) is 0 Å². The minimum atomic E-state index is 0.452. The highest BCUT2D eigenvalue weighted by Gasteiger charge is 2.12. The van der Waals surface area contributed by atoms with Crippen LogP contribution in [0, 0.1) is 11.8 Å². The smallest absolute Gasteiger partial charge is 0.0578 e. The summed E-state index contributed by atoms with van der Waals surface area (Å²) in [7, 11) is 0. The molecule has 2 atom stereocenters. The van der Waals surface area contributed by atoms with Gasteiger partial charge in [-0.25, -0.2) is 0 Å². The van der Waals surface area contributed by atoms with Crippen LogP contribution in [0.15, 0.2) is 30.3 Å². The molecule has 1 aromatic rings. The molecular formula is C14H19N. The Labute approximate surface area is 92.9 Å².